The number of ketones is 1. The number of carbonyl (C=O) groups is 2. The van der Waals surface area contributed by atoms with Crippen LogP contribution in [0.3, 0.4) is 0 Å². The van der Waals surface area contributed by atoms with Gasteiger partial charge in [0.25, 0.3) is 0 Å². The van der Waals surface area contributed by atoms with E-state index in [4.69, 9.17) is 4.74 Å². The monoisotopic (exact) mass is 390 g/mol. The zero-order chi connectivity index (χ0) is 20.4. The first-order valence-electron chi connectivity index (χ1n) is 10.2. The zero-order valence-corrected chi connectivity index (χ0v) is 16.9. The van der Waals surface area contributed by atoms with Crippen molar-refractivity contribution < 1.29 is 14.3 Å². The summed E-state index contributed by atoms with van der Waals surface area (Å²) < 4.78 is 5.31. The Morgan fingerprint density at radius 2 is 1.90 bits per heavy atom. The minimum Gasteiger partial charge on any atom is -0.497 e. The molecule has 1 atom stereocenters. The Morgan fingerprint density at radius 3 is 2.62 bits per heavy atom. The molecule has 0 fully saturated rings. The first kappa shape index (κ1) is 19.2. The molecule has 0 radical (unpaired) electrons. The maximum atomic E-state index is 13.3. The molecule has 1 heterocycles. The topological polar surface area (TPSA) is 58.6 Å². The van der Waals surface area contributed by atoms with Crippen LogP contribution in [0.2, 0.25) is 0 Å². The Hall–Kier alpha value is -3.08. The number of anilines is 2. The molecule has 0 saturated heterocycles. The summed E-state index contributed by atoms with van der Waals surface area (Å²) in [6, 6.07) is 15.0. The van der Waals surface area contributed by atoms with Crippen LogP contribution in [-0.4, -0.2) is 18.8 Å². The minimum atomic E-state index is -0.445. The van der Waals surface area contributed by atoms with Crippen molar-refractivity contribution in [1.82, 2.24) is 0 Å². The molecule has 29 heavy (non-hydrogen) atoms. The third-order valence-electron chi connectivity index (χ3n) is 5.60. The van der Waals surface area contributed by atoms with Gasteiger partial charge >= 0.3 is 0 Å². The van der Waals surface area contributed by atoms with Crippen LogP contribution in [0.15, 0.2) is 59.8 Å². The lowest BCUT2D eigenvalue weighted by Crippen LogP contribution is -2.37. The third-order valence-corrected chi connectivity index (χ3v) is 5.60. The summed E-state index contributed by atoms with van der Waals surface area (Å²) in [4.78, 5) is 28.3. The molecule has 1 N–H and O–H groups in total. The van der Waals surface area contributed by atoms with E-state index in [2.05, 4.69) is 5.32 Å². The van der Waals surface area contributed by atoms with Crippen molar-refractivity contribution in [3.63, 3.8) is 0 Å². The quantitative estimate of drug-likeness (QED) is 0.798. The number of nitrogens with one attached hydrogen (secondary N) is 1. The van der Waals surface area contributed by atoms with Crippen LogP contribution in [0.5, 0.6) is 5.75 Å². The molecule has 5 heteroatoms. The van der Waals surface area contributed by atoms with E-state index in [1.807, 2.05) is 60.4 Å². The fourth-order valence-corrected chi connectivity index (χ4v) is 4.25. The average molecular weight is 390 g/mol. The van der Waals surface area contributed by atoms with Gasteiger partial charge < -0.3 is 10.1 Å². The second-order valence-electron chi connectivity index (χ2n) is 7.50. The molecular formula is C24H26N2O3. The van der Waals surface area contributed by atoms with Crippen LogP contribution in [0.4, 0.5) is 11.4 Å². The first-order valence-corrected chi connectivity index (χ1v) is 10.2. The van der Waals surface area contributed by atoms with E-state index < -0.39 is 6.04 Å². The SMILES string of the molecule is CCCC(=O)N1c2ccccc2NC2=C(C(=O)CCC2)[C@H]1c1ccc(OC)cc1. The van der Waals surface area contributed by atoms with Crippen molar-refractivity contribution >= 4 is 23.1 Å². The molecule has 2 aromatic rings. The van der Waals surface area contributed by atoms with E-state index >= 15 is 0 Å². The van der Waals surface area contributed by atoms with Crippen LogP contribution >= 0.6 is 0 Å². The van der Waals surface area contributed by atoms with E-state index in [1.54, 1.807) is 7.11 Å². The summed E-state index contributed by atoms with van der Waals surface area (Å²) in [6.07, 6.45) is 3.32. The lowest BCUT2D eigenvalue weighted by molar-refractivity contribution is -0.119. The number of hydrogen-bond donors (Lipinski definition) is 1. The fourth-order valence-electron chi connectivity index (χ4n) is 4.25. The van der Waals surface area contributed by atoms with Crippen molar-refractivity contribution in [2.45, 2.75) is 45.1 Å². The molecule has 1 amide bonds. The van der Waals surface area contributed by atoms with Crippen LogP contribution in [0.25, 0.3) is 0 Å². The van der Waals surface area contributed by atoms with Gasteiger partial charge in [0, 0.05) is 24.1 Å². The summed E-state index contributed by atoms with van der Waals surface area (Å²) in [5.41, 5.74) is 4.24. The number of para-hydroxylation sites is 2. The highest BCUT2D eigenvalue weighted by Crippen LogP contribution is 2.45. The van der Waals surface area contributed by atoms with E-state index in [1.165, 1.54) is 0 Å². The standard InChI is InChI=1S/C24H26N2O3/c1-3-7-22(28)26-20-10-5-4-8-18(20)25-19-9-6-11-21(27)23(19)24(26)16-12-14-17(29-2)15-13-16/h4-5,8,10,12-15,24-25H,3,6-7,9,11H2,1-2H3/t24-/m1/s1. The predicted octanol–water partition coefficient (Wildman–Crippen LogP) is 5.00. The Labute approximate surface area is 171 Å². The predicted molar refractivity (Wildman–Crippen MR) is 114 cm³/mol. The molecular weight excluding hydrogens is 364 g/mol. The maximum absolute atomic E-state index is 13.3. The number of benzene rings is 2. The van der Waals surface area contributed by atoms with Gasteiger partial charge in [0.1, 0.15) is 5.75 Å². The summed E-state index contributed by atoms with van der Waals surface area (Å²) in [7, 11) is 1.63. The second kappa shape index (κ2) is 8.11. The number of rotatable bonds is 4. The third kappa shape index (κ3) is 3.53. The van der Waals surface area contributed by atoms with Gasteiger partial charge in [-0.2, -0.15) is 0 Å². The van der Waals surface area contributed by atoms with Gasteiger partial charge in [-0.05, 0) is 49.1 Å². The molecule has 2 aromatic carbocycles. The average Bonchev–Trinajstić information content (AvgIpc) is 2.89. The lowest BCUT2D eigenvalue weighted by atomic mass is 9.85. The van der Waals surface area contributed by atoms with Gasteiger partial charge in [-0.1, -0.05) is 31.2 Å². The first-order chi connectivity index (χ1) is 14.1. The number of hydrogen-bond acceptors (Lipinski definition) is 4. The number of ether oxygens (including phenoxy) is 1. The molecule has 1 aliphatic heterocycles. The number of fused-ring (bicyclic) bond motifs is 1. The fraction of sp³-hybridized carbons (Fsp3) is 0.333. The molecule has 5 nitrogen and oxygen atoms in total. The lowest BCUT2D eigenvalue weighted by Gasteiger charge is -2.34. The van der Waals surface area contributed by atoms with Gasteiger partial charge in [0.05, 0.1) is 24.5 Å². The van der Waals surface area contributed by atoms with Crippen molar-refractivity contribution in [1.29, 1.82) is 0 Å². The molecule has 150 valence electrons. The highest BCUT2D eigenvalue weighted by Gasteiger charge is 2.39. The number of Topliss-reactive ketones (excluding diaryl/α,β-unsaturated/α-hetero) is 1. The van der Waals surface area contributed by atoms with Crippen LogP contribution < -0.4 is 15.0 Å². The van der Waals surface area contributed by atoms with Crippen molar-refractivity contribution in [2.75, 3.05) is 17.3 Å². The van der Waals surface area contributed by atoms with E-state index in [0.29, 0.717) is 18.4 Å². The normalized spacial score (nSPS) is 18.5. The highest BCUT2D eigenvalue weighted by atomic mass is 16.5. The van der Waals surface area contributed by atoms with E-state index in [0.717, 1.165) is 47.6 Å². The van der Waals surface area contributed by atoms with Gasteiger partial charge in [-0.15, -0.1) is 0 Å². The van der Waals surface area contributed by atoms with Crippen molar-refractivity contribution in [3.8, 4) is 5.75 Å². The number of amides is 1. The van der Waals surface area contributed by atoms with Crippen LogP contribution in [-0.2, 0) is 9.59 Å². The molecule has 0 unspecified atom stereocenters. The van der Waals surface area contributed by atoms with E-state index in [9.17, 15) is 9.59 Å². The summed E-state index contributed by atoms with van der Waals surface area (Å²) in [5, 5.41) is 3.48. The maximum Gasteiger partial charge on any atom is 0.227 e. The molecule has 0 saturated carbocycles. The molecule has 4 rings (SSSR count). The largest absolute Gasteiger partial charge is 0.497 e. The minimum absolute atomic E-state index is 0.0229. The van der Waals surface area contributed by atoms with Gasteiger partial charge in [0.2, 0.25) is 5.91 Å². The van der Waals surface area contributed by atoms with Crippen LogP contribution in [0.1, 0.15) is 50.6 Å². The summed E-state index contributed by atoms with van der Waals surface area (Å²) in [6.45, 7) is 2.00. The number of nitrogens with zero attached hydrogens (tertiary/aromatic N) is 1. The van der Waals surface area contributed by atoms with Crippen LogP contribution in [0, 0.1) is 0 Å². The number of allylic oxidation sites excluding steroid dienone is 1. The zero-order valence-electron chi connectivity index (χ0n) is 16.9. The molecule has 0 aromatic heterocycles. The Bertz CT molecular complexity index is 962. The van der Waals surface area contributed by atoms with Gasteiger partial charge in [-0.3, -0.25) is 14.5 Å². The Kier molecular flexibility index (Phi) is 5.38. The molecule has 1 aliphatic carbocycles. The molecule has 2 aliphatic rings. The molecule has 0 bridgehead atoms. The van der Waals surface area contributed by atoms with E-state index in [-0.39, 0.29) is 11.7 Å². The van der Waals surface area contributed by atoms with Crippen molar-refractivity contribution in [3.05, 3.63) is 65.4 Å². The Balaban J connectivity index is 1.95. The molecule has 0 spiro atoms. The van der Waals surface area contributed by atoms with Gasteiger partial charge in [-0.25, -0.2) is 0 Å². The number of methoxy groups -OCH3 is 1. The summed E-state index contributed by atoms with van der Waals surface area (Å²) >= 11 is 0. The smallest absolute Gasteiger partial charge is 0.227 e. The number of carbonyl (C=O) groups excluding carboxylic acids is 2. The summed E-state index contributed by atoms with van der Waals surface area (Å²) in [5.74, 6) is 0.882. The van der Waals surface area contributed by atoms with Crippen molar-refractivity contribution in [2.24, 2.45) is 0 Å². The second-order valence-corrected chi connectivity index (χ2v) is 7.50. The van der Waals surface area contributed by atoms with Gasteiger partial charge in [0.15, 0.2) is 5.78 Å². The highest BCUT2D eigenvalue weighted by molar-refractivity contribution is 6.06. The Morgan fingerprint density at radius 1 is 1.14 bits per heavy atom.